The molecule has 0 saturated carbocycles. The van der Waals surface area contributed by atoms with Crippen LogP contribution in [-0.4, -0.2) is 18.9 Å². The Kier molecular flexibility index (Phi) is 5.20. The Bertz CT molecular complexity index is 1210. The maximum atomic E-state index is 12.8. The van der Waals surface area contributed by atoms with Crippen molar-refractivity contribution in [3.8, 4) is 0 Å². The molecule has 0 unspecified atom stereocenters. The van der Waals surface area contributed by atoms with Gasteiger partial charge >= 0.3 is 6.18 Å². The maximum absolute atomic E-state index is 12.8. The van der Waals surface area contributed by atoms with Crippen molar-refractivity contribution in [3.05, 3.63) is 64.8 Å². The summed E-state index contributed by atoms with van der Waals surface area (Å²) in [5.41, 5.74) is 1.92. The van der Waals surface area contributed by atoms with Gasteiger partial charge in [-0.1, -0.05) is 6.07 Å². The highest BCUT2D eigenvalue weighted by Gasteiger charge is 2.32. The highest BCUT2D eigenvalue weighted by Crippen LogP contribution is 2.30. The van der Waals surface area contributed by atoms with Crippen molar-refractivity contribution < 1.29 is 26.4 Å². The number of aryl methyl sites for hydroxylation is 2. The van der Waals surface area contributed by atoms with E-state index < -0.39 is 32.6 Å². The molecule has 9 heteroatoms. The molecule has 0 bridgehead atoms. The van der Waals surface area contributed by atoms with Crippen molar-refractivity contribution in [2.45, 2.75) is 38.4 Å². The minimum absolute atomic E-state index is 0.101. The van der Waals surface area contributed by atoms with Gasteiger partial charge in [-0.05, 0) is 62.7 Å². The van der Waals surface area contributed by atoms with E-state index in [1.165, 1.54) is 6.07 Å². The maximum Gasteiger partial charge on any atom is 0.416 e. The molecule has 0 atom stereocenters. The summed E-state index contributed by atoms with van der Waals surface area (Å²) in [6.45, 7) is 6.60. The van der Waals surface area contributed by atoms with Crippen LogP contribution in [0.5, 0.6) is 0 Å². The first-order chi connectivity index (χ1) is 13.5. The van der Waals surface area contributed by atoms with E-state index in [1.807, 2.05) is 25.5 Å². The summed E-state index contributed by atoms with van der Waals surface area (Å²) in [6.07, 6.45) is -4.69. The monoisotopic (exact) mass is 424 g/mol. The number of rotatable bonds is 4. The summed E-state index contributed by atoms with van der Waals surface area (Å²) in [5.74, 6) is -0.911. The fourth-order valence-electron chi connectivity index (χ4n) is 3.28. The van der Waals surface area contributed by atoms with Crippen LogP contribution in [-0.2, 0) is 22.7 Å². The largest absolute Gasteiger partial charge is 0.416 e. The summed E-state index contributed by atoms with van der Waals surface area (Å²) < 4.78 is 67.3. The summed E-state index contributed by atoms with van der Waals surface area (Å²) in [5, 5.41) is 0.813. The lowest BCUT2D eigenvalue weighted by atomic mass is 10.1. The Hall–Kier alpha value is -2.81. The van der Waals surface area contributed by atoms with E-state index in [0.717, 1.165) is 46.9 Å². The van der Waals surface area contributed by atoms with Crippen LogP contribution in [0, 0.1) is 13.8 Å². The molecule has 2 aromatic carbocycles. The van der Waals surface area contributed by atoms with Gasteiger partial charge in [0.15, 0.2) is 0 Å². The molecular formula is C20H19F3N2O3S. The Morgan fingerprint density at radius 2 is 1.79 bits per heavy atom. The van der Waals surface area contributed by atoms with Gasteiger partial charge in [-0.3, -0.25) is 4.79 Å². The molecule has 3 aromatic rings. The third-order valence-corrected chi connectivity index (χ3v) is 6.24. The molecule has 0 saturated heterocycles. The van der Waals surface area contributed by atoms with E-state index in [4.69, 9.17) is 0 Å². The quantitative estimate of drug-likeness (QED) is 0.674. The summed E-state index contributed by atoms with van der Waals surface area (Å²) in [6, 6.07) is 8.04. The normalized spacial score (nSPS) is 12.3. The molecule has 29 heavy (non-hydrogen) atoms. The van der Waals surface area contributed by atoms with E-state index in [9.17, 15) is 26.4 Å². The average Bonchev–Trinajstić information content (AvgIpc) is 2.90. The first-order valence-corrected chi connectivity index (χ1v) is 10.3. The van der Waals surface area contributed by atoms with Crippen LogP contribution >= 0.6 is 0 Å². The predicted octanol–water partition coefficient (Wildman–Crippen LogP) is 4.42. The number of amides is 1. The van der Waals surface area contributed by atoms with Gasteiger partial charge in [-0.25, -0.2) is 13.1 Å². The van der Waals surface area contributed by atoms with Crippen molar-refractivity contribution >= 4 is 26.8 Å². The van der Waals surface area contributed by atoms with Gasteiger partial charge in [0.25, 0.3) is 15.9 Å². The lowest BCUT2D eigenvalue weighted by Crippen LogP contribution is -2.30. The number of nitrogens with zero attached hydrogens (tertiary/aromatic N) is 1. The third-order valence-electron chi connectivity index (χ3n) is 4.92. The predicted molar refractivity (Wildman–Crippen MR) is 103 cm³/mol. The van der Waals surface area contributed by atoms with Crippen molar-refractivity contribution in [1.29, 1.82) is 0 Å². The topological polar surface area (TPSA) is 68.2 Å². The molecule has 0 spiro atoms. The number of carbonyl (C=O) groups is 1. The molecule has 1 amide bonds. The van der Waals surface area contributed by atoms with Crippen LogP contribution in [0.3, 0.4) is 0 Å². The van der Waals surface area contributed by atoms with E-state index >= 15 is 0 Å². The first-order valence-electron chi connectivity index (χ1n) is 8.79. The van der Waals surface area contributed by atoms with Crippen molar-refractivity contribution in [2.24, 2.45) is 0 Å². The molecule has 0 radical (unpaired) electrons. The number of carbonyl (C=O) groups excluding carboxylic acids is 1. The number of alkyl halides is 3. The molecule has 1 heterocycles. The zero-order valence-electron chi connectivity index (χ0n) is 16.0. The van der Waals surface area contributed by atoms with Gasteiger partial charge in [0, 0.05) is 28.7 Å². The molecule has 1 N–H and O–H groups in total. The number of nitrogens with one attached hydrogen (secondary N) is 1. The molecule has 5 nitrogen and oxygen atoms in total. The van der Waals surface area contributed by atoms with Gasteiger partial charge in [-0.15, -0.1) is 0 Å². The fourth-order valence-corrected chi connectivity index (χ4v) is 4.30. The van der Waals surface area contributed by atoms with Crippen molar-refractivity contribution in [3.63, 3.8) is 0 Å². The summed E-state index contributed by atoms with van der Waals surface area (Å²) in [7, 11) is -4.47. The number of benzene rings is 2. The van der Waals surface area contributed by atoms with Crippen LogP contribution in [0.4, 0.5) is 13.2 Å². The van der Waals surface area contributed by atoms with E-state index in [-0.39, 0.29) is 5.56 Å². The molecule has 154 valence electrons. The lowest BCUT2D eigenvalue weighted by Gasteiger charge is -2.10. The number of fused-ring (bicyclic) bond motifs is 1. The zero-order chi connectivity index (χ0) is 21.6. The number of halogens is 3. The van der Waals surface area contributed by atoms with Gasteiger partial charge in [0.1, 0.15) is 0 Å². The van der Waals surface area contributed by atoms with Crippen molar-refractivity contribution in [1.82, 2.24) is 9.29 Å². The van der Waals surface area contributed by atoms with E-state index in [0.29, 0.717) is 6.07 Å². The first kappa shape index (κ1) is 20.9. The standard InChI is InChI=1S/C20H19F3N2O3S/c1-4-25-13(3)12(2)17-10-14(8-9-18(17)25)19(26)24-29(27,28)16-7-5-6-15(11-16)20(21,22)23/h5-11H,4H2,1-3H3,(H,24,26). The Labute approximate surface area is 166 Å². The second-order valence-electron chi connectivity index (χ2n) is 6.65. The zero-order valence-corrected chi connectivity index (χ0v) is 16.8. The number of hydrogen-bond acceptors (Lipinski definition) is 3. The van der Waals surface area contributed by atoms with E-state index in [1.54, 1.807) is 12.1 Å². The van der Waals surface area contributed by atoms with Crippen LogP contribution < -0.4 is 4.72 Å². The molecular weight excluding hydrogens is 405 g/mol. The highest BCUT2D eigenvalue weighted by molar-refractivity contribution is 7.90. The second-order valence-corrected chi connectivity index (χ2v) is 8.33. The lowest BCUT2D eigenvalue weighted by molar-refractivity contribution is -0.137. The smallest absolute Gasteiger partial charge is 0.345 e. The fraction of sp³-hybridized carbons (Fsp3) is 0.250. The SMILES string of the molecule is CCn1c(C)c(C)c2cc(C(=O)NS(=O)(=O)c3cccc(C(F)(F)F)c3)ccc21. The average molecular weight is 424 g/mol. The Morgan fingerprint density at radius 3 is 2.41 bits per heavy atom. The molecule has 3 rings (SSSR count). The number of aromatic nitrogens is 1. The molecule has 0 fully saturated rings. The van der Waals surface area contributed by atoms with Crippen LogP contribution in [0.15, 0.2) is 47.4 Å². The third kappa shape index (κ3) is 3.87. The minimum atomic E-state index is -4.69. The van der Waals surface area contributed by atoms with Crippen LogP contribution in [0.2, 0.25) is 0 Å². The van der Waals surface area contributed by atoms with Gasteiger partial charge < -0.3 is 4.57 Å². The minimum Gasteiger partial charge on any atom is -0.345 e. The Balaban J connectivity index is 1.95. The molecule has 1 aromatic heterocycles. The van der Waals surface area contributed by atoms with Crippen LogP contribution in [0.25, 0.3) is 10.9 Å². The molecule has 0 aliphatic rings. The number of sulfonamides is 1. The summed E-state index contributed by atoms with van der Waals surface area (Å²) >= 11 is 0. The van der Waals surface area contributed by atoms with Gasteiger partial charge in [0.2, 0.25) is 0 Å². The van der Waals surface area contributed by atoms with E-state index in [2.05, 4.69) is 4.57 Å². The van der Waals surface area contributed by atoms with Gasteiger partial charge in [-0.2, -0.15) is 13.2 Å². The molecule has 0 aliphatic heterocycles. The Morgan fingerprint density at radius 1 is 1.10 bits per heavy atom. The van der Waals surface area contributed by atoms with Crippen LogP contribution in [0.1, 0.15) is 34.1 Å². The highest BCUT2D eigenvalue weighted by atomic mass is 32.2. The number of hydrogen-bond donors (Lipinski definition) is 1. The van der Waals surface area contributed by atoms with Crippen molar-refractivity contribution in [2.75, 3.05) is 0 Å². The summed E-state index contributed by atoms with van der Waals surface area (Å²) in [4.78, 5) is 11.9. The molecule has 0 aliphatic carbocycles. The van der Waals surface area contributed by atoms with Gasteiger partial charge in [0.05, 0.1) is 10.5 Å². The second kappa shape index (κ2) is 7.22.